The Balaban J connectivity index is 1.87. The third-order valence-electron chi connectivity index (χ3n) is 4.13. The Kier molecular flexibility index (Phi) is 2.44. The fourth-order valence-electron chi connectivity index (χ4n) is 2.81. The van der Waals surface area contributed by atoms with Gasteiger partial charge in [0.05, 0.1) is 0 Å². The van der Waals surface area contributed by atoms with Gasteiger partial charge < -0.3 is 10.2 Å². The Morgan fingerprint density at radius 3 is 2.41 bits per heavy atom. The van der Waals surface area contributed by atoms with Crippen LogP contribution in [0.1, 0.15) is 26.7 Å². The lowest BCUT2D eigenvalue weighted by Gasteiger charge is -2.31. The molecule has 0 amide bonds. The molecule has 2 aliphatic rings. The molecule has 1 N–H and O–H groups in total. The number of rotatable bonds is 1. The second-order valence-electron chi connectivity index (χ2n) is 6.43. The number of anilines is 1. The minimum Gasteiger partial charge on any atom is -0.369 e. The summed E-state index contributed by atoms with van der Waals surface area (Å²) < 4.78 is 0. The van der Waals surface area contributed by atoms with Crippen molar-refractivity contribution in [2.45, 2.75) is 32.2 Å². The van der Waals surface area contributed by atoms with E-state index in [9.17, 15) is 0 Å². The van der Waals surface area contributed by atoms with Crippen LogP contribution >= 0.6 is 0 Å². The molecule has 2 fully saturated rings. The van der Waals surface area contributed by atoms with Gasteiger partial charge in [-0.1, -0.05) is 18.2 Å². The van der Waals surface area contributed by atoms with Crippen LogP contribution in [0.2, 0.25) is 0 Å². The van der Waals surface area contributed by atoms with Crippen molar-refractivity contribution in [1.82, 2.24) is 5.32 Å². The highest BCUT2D eigenvalue weighted by Gasteiger charge is 2.47. The van der Waals surface area contributed by atoms with Gasteiger partial charge in [0.15, 0.2) is 0 Å². The Morgan fingerprint density at radius 1 is 1.06 bits per heavy atom. The van der Waals surface area contributed by atoms with Crippen LogP contribution in [0.15, 0.2) is 30.3 Å². The molecule has 3 rings (SSSR count). The molecule has 92 valence electrons. The van der Waals surface area contributed by atoms with Gasteiger partial charge in [0.1, 0.15) is 0 Å². The average Bonchev–Trinajstić information content (AvgIpc) is 3.09. The molecule has 0 atom stereocenters. The Labute approximate surface area is 104 Å². The third kappa shape index (κ3) is 2.32. The van der Waals surface area contributed by atoms with E-state index in [4.69, 9.17) is 0 Å². The molecule has 1 aliphatic heterocycles. The van der Waals surface area contributed by atoms with Crippen molar-refractivity contribution >= 4 is 5.69 Å². The van der Waals surface area contributed by atoms with E-state index in [0.29, 0.717) is 5.41 Å². The fraction of sp³-hybridized carbons (Fsp3) is 0.600. The van der Waals surface area contributed by atoms with Crippen LogP contribution in [0.25, 0.3) is 0 Å². The predicted molar refractivity (Wildman–Crippen MR) is 72.4 cm³/mol. The summed E-state index contributed by atoms with van der Waals surface area (Å²) >= 11 is 0. The molecule has 0 bridgehead atoms. The van der Waals surface area contributed by atoms with Gasteiger partial charge in [-0.05, 0) is 38.8 Å². The van der Waals surface area contributed by atoms with Gasteiger partial charge in [0, 0.05) is 36.3 Å². The molecule has 2 nitrogen and oxygen atoms in total. The molecule has 1 spiro atoms. The number of nitrogens with one attached hydrogen (secondary N) is 1. The van der Waals surface area contributed by atoms with E-state index in [-0.39, 0.29) is 5.54 Å². The van der Waals surface area contributed by atoms with E-state index < -0.39 is 0 Å². The summed E-state index contributed by atoms with van der Waals surface area (Å²) in [5.41, 5.74) is 2.14. The predicted octanol–water partition coefficient (Wildman–Crippen LogP) is 2.66. The third-order valence-corrected chi connectivity index (χ3v) is 4.13. The molecule has 1 aromatic rings. The molecule has 0 radical (unpaired) electrons. The normalized spacial score (nSPS) is 25.6. The molecule has 1 saturated carbocycles. The smallest absolute Gasteiger partial charge is 0.0367 e. The molecule has 1 aliphatic carbocycles. The number of para-hydroxylation sites is 1. The summed E-state index contributed by atoms with van der Waals surface area (Å²) in [6, 6.07) is 10.8. The highest BCUT2D eigenvalue weighted by molar-refractivity contribution is 5.47. The SMILES string of the molecule is CC1(C)CN(c2ccccc2)CC2(CC2)CN1. The van der Waals surface area contributed by atoms with Gasteiger partial charge in [-0.15, -0.1) is 0 Å². The van der Waals surface area contributed by atoms with Crippen molar-refractivity contribution in [2.75, 3.05) is 24.5 Å². The monoisotopic (exact) mass is 230 g/mol. The van der Waals surface area contributed by atoms with Crippen LogP contribution in [-0.4, -0.2) is 25.2 Å². The van der Waals surface area contributed by atoms with Crippen LogP contribution in [-0.2, 0) is 0 Å². The lowest BCUT2D eigenvalue weighted by atomic mass is 10.1. The van der Waals surface area contributed by atoms with Gasteiger partial charge in [0.25, 0.3) is 0 Å². The number of hydrogen-bond acceptors (Lipinski definition) is 2. The van der Waals surface area contributed by atoms with Crippen LogP contribution in [0.3, 0.4) is 0 Å². The molecular formula is C15H22N2. The van der Waals surface area contributed by atoms with E-state index in [1.165, 1.54) is 31.6 Å². The molecule has 0 unspecified atom stereocenters. The first-order chi connectivity index (χ1) is 8.09. The van der Waals surface area contributed by atoms with Crippen LogP contribution < -0.4 is 10.2 Å². The average molecular weight is 230 g/mol. The van der Waals surface area contributed by atoms with Crippen molar-refractivity contribution < 1.29 is 0 Å². The summed E-state index contributed by atoms with van der Waals surface area (Å²) in [6.07, 6.45) is 2.78. The Morgan fingerprint density at radius 2 is 1.76 bits per heavy atom. The van der Waals surface area contributed by atoms with E-state index in [0.717, 1.165) is 6.54 Å². The zero-order valence-corrected chi connectivity index (χ0v) is 10.9. The molecule has 1 saturated heterocycles. The fourth-order valence-corrected chi connectivity index (χ4v) is 2.81. The second kappa shape index (κ2) is 3.74. The van der Waals surface area contributed by atoms with E-state index in [1.807, 2.05) is 0 Å². The number of hydrogen-bond donors (Lipinski definition) is 1. The lowest BCUT2D eigenvalue weighted by Crippen LogP contribution is -2.46. The van der Waals surface area contributed by atoms with Crippen molar-refractivity contribution in [2.24, 2.45) is 5.41 Å². The Bertz CT molecular complexity index is 385. The first kappa shape index (κ1) is 11.1. The van der Waals surface area contributed by atoms with E-state index >= 15 is 0 Å². The topological polar surface area (TPSA) is 15.3 Å². The first-order valence-corrected chi connectivity index (χ1v) is 6.64. The summed E-state index contributed by atoms with van der Waals surface area (Å²) in [5, 5.41) is 3.73. The van der Waals surface area contributed by atoms with Gasteiger partial charge >= 0.3 is 0 Å². The maximum Gasteiger partial charge on any atom is 0.0367 e. The molecule has 1 aromatic carbocycles. The van der Waals surface area contributed by atoms with Gasteiger partial charge in [0.2, 0.25) is 0 Å². The van der Waals surface area contributed by atoms with Gasteiger partial charge in [-0.2, -0.15) is 0 Å². The minimum absolute atomic E-state index is 0.210. The zero-order valence-electron chi connectivity index (χ0n) is 10.9. The number of nitrogens with zero attached hydrogens (tertiary/aromatic N) is 1. The highest BCUT2D eigenvalue weighted by Crippen LogP contribution is 2.47. The Hall–Kier alpha value is -1.02. The van der Waals surface area contributed by atoms with Crippen LogP contribution in [0.5, 0.6) is 0 Å². The first-order valence-electron chi connectivity index (χ1n) is 6.64. The van der Waals surface area contributed by atoms with Gasteiger partial charge in [-0.3, -0.25) is 0 Å². The van der Waals surface area contributed by atoms with Crippen molar-refractivity contribution in [3.8, 4) is 0 Å². The van der Waals surface area contributed by atoms with Crippen LogP contribution in [0, 0.1) is 5.41 Å². The largest absolute Gasteiger partial charge is 0.369 e. The van der Waals surface area contributed by atoms with E-state index in [2.05, 4.69) is 54.4 Å². The van der Waals surface area contributed by atoms with Crippen molar-refractivity contribution in [3.63, 3.8) is 0 Å². The van der Waals surface area contributed by atoms with E-state index in [1.54, 1.807) is 0 Å². The lowest BCUT2D eigenvalue weighted by molar-refractivity contribution is 0.389. The molecule has 0 aromatic heterocycles. The quantitative estimate of drug-likeness (QED) is 0.798. The number of benzene rings is 1. The van der Waals surface area contributed by atoms with Crippen molar-refractivity contribution in [1.29, 1.82) is 0 Å². The van der Waals surface area contributed by atoms with Gasteiger partial charge in [-0.25, -0.2) is 0 Å². The summed E-state index contributed by atoms with van der Waals surface area (Å²) in [7, 11) is 0. The maximum absolute atomic E-state index is 3.73. The summed E-state index contributed by atoms with van der Waals surface area (Å²) in [4.78, 5) is 2.56. The molecule has 2 heteroatoms. The molecule has 1 heterocycles. The summed E-state index contributed by atoms with van der Waals surface area (Å²) in [6.45, 7) is 8.12. The minimum atomic E-state index is 0.210. The highest BCUT2D eigenvalue weighted by atomic mass is 15.2. The second-order valence-corrected chi connectivity index (χ2v) is 6.43. The standard InChI is InChI=1S/C15H22N2/c1-14(2)11-17(13-6-4-3-5-7-13)12-15(8-9-15)10-16-14/h3-7,16H,8-12H2,1-2H3. The maximum atomic E-state index is 3.73. The van der Waals surface area contributed by atoms with Crippen LogP contribution in [0.4, 0.5) is 5.69 Å². The zero-order chi connectivity index (χ0) is 11.9. The summed E-state index contributed by atoms with van der Waals surface area (Å²) in [5.74, 6) is 0. The van der Waals surface area contributed by atoms with Crippen molar-refractivity contribution in [3.05, 3.63) is 30.3 Å². The molecule has 17 heavy (non-hydrogen) atoms. The molecular weight excluding hydrogens is 208 g/mol.